The van der Waals surface area contributed by atoms with Gasteiger partial charge in [-0.25, -0.2) is 4.98 Å². The molecule has 1 aromatic heterocycles. The standard InChI is InChI=1S/C21H27N3O3/c1-25-18-4-6-19(7-5-18)27-21-20(22-10-11-23-21)16-3-2-12-24(15-16)17-8-13-26-14-9-17/h4-7,10-11,16-17H,2-3,8-9,12-15H2,1H3. The second-order valence-corrected chi connectivity index (χ2v) is 7.20. The van der Waals surface area contributed by atoms with Gasteiger partial charge in [0.2, 0.25) is 5.88 Å². The first kappa shape index (κ1) is 18.2. The van der Waals surface area contributed by atoms with E-state index in [0.29, 0.717) is 17.8 Å². The quantitative estimate of drug-likeness (QED) is 0.802. The van der Waals surface area contributed by atoms with E-state index in [9.17, 15) is 0 Å². The van der Waals surface area contributed by atoms with Crippen LogP contribution in [0.4, 0.5) is 0 Å². The first-order valence-electron chi connectivity index (χ1n) is 9.78. The Labute approximate surface area is 160 Å². The van der Waals surface area contributed by atoms with E-state index >= 15 is 0 Å². The Morgan fingerprint density at radius 1 is 1.00 bits per heavy atom. The van der Waals surface area contributed by atoms with Crippen molar-refractivity contribution in [1.82, 2.24) is 14.9 Å². The molecule has 6 nitrogen and oxygen atoms in total. The van der Waals surface area contributed by atoms with Crippen LogP contribution in [0.5, 0.6) is 17.4 Å². The second kappa shape index (κ2) is 8.67. The topological polar surface area (TPSA) is 56.7 Å². The van der Waals surface area contributed by atoms with Crippen molar-refractivity contribution in [1.29, 1.82) is 0 Å². The van der Waals surface area contributed by atoms with Crippen molar-refractivity contribution in [3.05, 3.63) is 42.4 Å². The number of aromatic nitrogens is 2. The number of methoxy groups -OCH3 is 1. The van der Waals surface area contributed by atoms with Crippen molar-refractivity contribution in [2.45, 2.75) is 37.6 Å². The SMILES string of the molecule is COc1ccc(Oc2nccnc2C2CCCN(C3CCOCC3)C2)cc1. The Hall–Kier alpha value is -2.18. The summed E-state index contributed by atoms with van der Waals surface area (Å²) in [6.07, 6.45) is 8.02. The van der Waals surface area contributed by atoms with Crippen LogP contribution in [0.15, 0.2) is 36.7 Å². The largest absolute Gasteiger partial charge is 0.497 e. The van der Waals surface area contributed by atoms with Crippen molar-refractivity contribution >= 4 is 0 Å². The first-order chi connectivity index (χ1) is 13.3. The van der Waals surface area contributed by atoms with Crippen LogP contribution in [0.3, 0.4) is 0 Å². The van der Waals surface area contributed by atoms with Gasteiger partial charge in [-0.15, -0.1) is 0 Å². The Bertz CT molecular complexity index is 732. The zero-order valence-electron chi connectivity index (χ0n) is 15.8. The van der Waals surface area contributed by atoms with E-state index < -0.39 is 0 Å². The molecule has 2 aliphatic heterocycles. The molecule has 27 heavy (non-hydrogen) atoms. The van der Waals surface area contributed by atoms with E-state index in [2.05, 4.69) is 14.9 Å². The van der Waals surface area contributed by atoms with E-state index in [4.69, 9.17) is 14.2 Å². The lowest BCUT2D eigenvalue weighted by Gasteiger charge is -2.39. The molecule has 1 atom stereocenters. The molecule has 2 saturated heterocycles. The summed E-state index contributed by atoms with van der Waals surface area (Å²) in [7, 11) is 1.66. The highest BCUT2D eigenvalue weighted by atomic mass is 16.5. The summed E-state index contributed by atoms with van der Waals surface area (Å²) in [4.78, 5) is 11.7. The third-order valence-electron chi connectivity index (χ3n) is 5.51. The number of nitrogens with zero attached hydrogens (tertiary/aromatic N) is 3. The Morgan fingerprint density at radius 3 is 2.52 bits per heavy atom. The van der Waals surface area contributed by atoms with Crippen LogP contribution in [0, 0.1) is 0 Å². The maximum absolute atomic E-state index is 6.08. The molecule has 0 radical (unpaired) electrons. The van der Waals surface area contributed by atoms with Crippen LogP contribution in [-0.4, -0.2) is 54.3 Å². The molecule has 0 saturated carbocycles. The highest BCUT2D eigenvalue weighted by Crippen LogP contribution is 2.34. The maximum Gasteiger partial charge on any atom is 0.241 e. The second-order valence-electron chi connectivity index (χ2n) is 7.20. The molecule has 144 valence electrons. The van der Waals surface area contributed by atoms with Gasteiger partial charge >= 0.3 is 0 Å². The molecule has 1 aromatic carbocycles. The fourth-order valence-electron chi connectivity index (χ4n) is 4.06. The third-order valence-corrected chi connectivity index (χ3v) is 5.51. The Balaban J connectivity index is 1.49. The van der Waals surface area contributed by atoms with E-state index in [1.54, 1.807) is 19.5 Å². The number of hydrogen-bond acceptors (Lipinski definition) is 6. The van der Waals surface area contributed by atoms with Gasteiger partial charge in [0.05, 0.1) is 7.11 Å². The van der Waals surface area contributed by atoms with E-state index in [0.717, 1.165) is 62.8 Å². The summed E-state index contributed by atoms with van der Waals surface area (Å²) in [5.74, 6) is 2.51. The molecule has 0 N–H and O–H groups in total. The third kappa shape index (κ3) is 4.39. The summed E-state index contributed by atoms with van der Waals surface area (Å²) in [5.41, 5.74) is 0.963. The van der Waals surface area contributed by atoms with Gasteiger partial charge in [0.25, 0.3) is 0 Å². The maximum atomic E-state index is 6.08. The average molecular weight is 369 g/mol. The number of rotatable bonds is 5. The van der Waals surface area contributed by atoms with Gasteiger partial charge < -0.3 is 14.2 Å². The predicted octanol–water partition coefficient (Wildman–Crippen LogP) is 3.64. The van der Waals surface area contributed by atoms with Gasteiger partial charge in [-0.1, -0.05) is 0 Å². The minimum absolute atomic E-state index is 0.351. The Kier molecular flexibility index (Phi) is 5.84. The lowest BCUT2D eigenvalue weighted by atomic mass is 9.92. The van der Waals surface area contributed by atoms with E-state index in [-0.39, 0.29) is 0 Å². The number of hydrogen-bond donors (Lipinski definition) is 0. The first-order valence-corrected chi connectivity index (χ1v) is 9.78. The number of ether oxygens (including phenoxy) is 3. The molecule has 4 rings (SSSR count). The fraction of sp³-hybridized carbons (Fsp3) is 0.524. The van der Waals surface area contributed by atoms with Gasteiger partial charge in [0.1, 0.15) is 17.2 Å². The Morgan fingerprint density at radius 2 is 1.74 bits per heavy atom. The molecular formula is C21H27N3O3. The molecule has 2 aromatic rings. The molecule has 2 fully saturated rings. The fourth-order valence-corrected chi connectivity index (χ4v) is 4.06. The van der Waals surface area contributed by atoms with Gasteiger partial charge in [-0.2, -0.15) is 0 Å². The minimum atomic E-state index is 0.351. The summed E-state index contributed by atoms with van der Waals surface area (Å²) in [6, 6.07) is 8.20. The van der Waals surface area contributed by atoms with Crippen LogP contribution in [0.25, 0.3) is 0 Å². The molecule has 2 aliphatic rings. The van der Waals surface area contributed by atoms with Crippen LogP contribution < -0.4 is 9.47 Å². The number of piperidine rings is 1. The zero-order valence-corrected chi connectivity index (χ0v) is 15.8. The number of likely N-dealkylation sites (tertiary alicyclic amines) is 1. The summed E-state index contributed by atoms with van der Waals surface area (Å²) >= 11 is 0. The smallest absolute Gasteiger partial charge is 0.241 e. The molecule has 3 heterocycles. The van der Waals surface area contributed by atoms with Crippen LogP contribution >= 0.6 is 0 Å². The minimum Gasteiger partial charge on any atom is -0.497 e. The lowest BCUT2D eigenvalue weighted by Crippen LogP contribution is -2.44. The molecule has 1 unspecified atom stereocenters. The van der Waals surface area contributed by atoms with E-state index in [1.165, 1.54) is 6.42 Å². The molecule has 0 spiro atoms. The predicted molar refractivity (Wildman–Crippen MR) is 102 cm³/mol. The van der Waals surface area contributed by atoms with Crippen molar-refractivity contribution in [2.24, 2.45) is 0 Å². The lowest BCUT2D eigenvalue weighted by molar-refractivity contribution is 0.0236. The summed E-state index contributed by atoms with van der Waals surface area (Å²) in [6.45, 7) is 3.93. The summed E-state index contributed by atoms with van der Waals surface area (Å²) in [5, 5.41) is 0. The molecule has 6 heteroatoms. The van der Waals surface area contributed by atoms with Crippen molar-refractivity contribution in [3.63, 3.8) is 0 Å². The van der Waals surface area contributed by atoms with Crippen molar-refractivity contribution in [3.8, 4) is 17.4 Å². The van der Waals surface area contributed by atoms with Crippen LogP contribution in [0.2, 0.25) is 0 Å². The monoisotopic (exact) mass is 369 g/mol. The average Bonchev–Trinajstić information content (AvgIpc) is 2.75. The van der Waals surface area contributed by atoms with Crippen LogP contribution in [-0.2, 0) is 4.74 Å². The molecule has 0 aliphatic carbocycles. The van der Waals surface area contributed by atoms with E-state index in [1.807, 2.05) is 24.3 Å². The molecule has 0 bridgehead atoms. The van der Waals surface area contributed by atoms with Gasteiger partial charge in [0, 0.05) is 44.1 Å². The van der Waals surface area contributed by atoms with Gasteiger partial charge in [0.15, 0.2) is 0 Å². The molecule has 0 amide bonds. The van der Waals surface area contributed by atoms with Gasteiger partial charge in [-0.3, -0.25) is 9.88 Å². The highest BCUT2D eigenvalue weighted by Gasteiger charge is 2.30. The normalized spacial score (nSPS) is 21.7. The summed E-state index contributed by atoms with van der Waals surface area (Å²) < 4.78 is 16.8. The number of benzene rings is 1. The van der Waals surface area contributed by atoms with Gasteiger partial charge in [-0.05, 0) is 56.5 Å². The zero-order chi connectivity index (χ0) is 18.5. The van der Waals surface area contributed by atoms with Crippen molar-refractivity contribution in [2.75, 3.05) is 33.4 Å². The van der Waals surface area contributed by atoms with Crippen molar-refractivity contribution < 1.29 is 14.2 Å². The highest BCUT2D eigenvalue weighted by molar-refractivity contribution is 5.35. The van der Waals surface area contributed by atoms with Crippen LogP contribution in [0.1, 0.15) is 37.3 Å². The molecular weight excluding hydrogens is 342 g/mol.